The summed E-state index contributed by atoms with van der Waals surface area (Å²) < 4.78 is 45.7. The molecule has 20 nitrogen and oxygen atoms in total. The predicted molar refractivity (Wildman–Crippen MR) is 385 cm³/mol. The zero-order valence-corrected chi connectivity index (χ0v) is 62.7. The zero-order valence-electron chi connectivity index (χ0n) is 60.7. The van der Waals surface area contributed by atoms with Gasteiger partial charge in [0.15, 0.2) is 0 Å². The SMILES string of the molecule is CO[Si](C)(CCC(=O)Oc1cc(C=N[C@@H]2CCCCC2N=Cc2cc(OC(=O)CCCCCC(=O)Oc3cc(C=NC4CCCC[C@H]4N=Cc4cc(OC(=O)CC[Si](C)(OC)OC)cc(C(C)(C)C)c4O)c(O)c(C(C)(C)C)c3)cc(C(C)(C)C)c2O)c(O)c(C(C)(C)C)c1)OC. The normalized spacial score (nSPS) is 17.8. The molecule has 0 saturated heterocycles. The Balaban J connectivity index is 1.08. The third-order valence-electron chi connectivity index (χ3n) is 18.2. The lowest BCUT2D eigenvalue weighted by atomic mass is 9.85. The van der Waals surface area contributed by atoms with E-state index in [1.807, 2.05) is 96.2 Å². The summed E-state index contributed by atoms with van der Waals surface area (Å²) in [7, 11) is 1.28. The van der Waals surface area contributed by atoms with Crippen molar-refractivity contribution < 1.29 is 76.3 Å². The number of rotatable bonds is 28. The van der Waals surface area contributed by atoms with E-state index in [-0.39, 0.29) is 84.3 Å². The van der Waals surface area contributed by atoms with Gasteiger partial charge in [-0.3, -0.25) is 39.1 Å². The lowest BCUT2D eigenvalue weighted by molar-refractivity contribution is -0.135. The third-order valence-corrected chi connectivity index (χ3v) is 23.9. The van der Waals surface area contributed by atoms with Crippen LogP contribution in [0.15, 0.2) is 68.5 Å². The van der Waals surface area contributed by atoms with Gasteiger partial charge in [-0.2, -0.15) is 0 Å². The molecule has 0 aromatic heterocycles. The summed E-state index contributed by atoms with van der Waals surface area (Å²) in [6.07, 6.45) is 14.9. The fourth-order valence-electron chi connectivity index (χ4n) is 11.7. The van der Waals surface area contributed by atoms with E-state index in [0.29, 0.717) is 87.4 Å². The maximum atomic E-state index is 13.4. The number of phenolic OH excluding ortho intramolecular Hbond substituents is 4. The van der Waals surface area contributed by atoms with Gasteiger partial charge in [0.25, 0.3) is 0 Å². The van der Waals surface area contributed by atoms with Crippen LogP contribution < -0.4 is 18.9 Å². The second-order valence-electron chi connectivity index (χ2n) is 30.1. The van der Waals surface area contributed by atoms with Gasteiger partial charge in [-0.15, -0.1) is 0 Å². The molecule has 4 atom stereocenters. The van der Waals surface area contributed by atoms with Gasteiger partial charge in [0.1, 0.15) is 46.0 Å². The average Bonchev–Trinajstić information content (AvgIpc) is 0.820. The molecule has 0 spiro atoms. The standard InChI is InChI=1S/C75H108N4O16Si2/c1-72(2,3)56-40-52(36-48(68(56)84)44-76-60-26-22-24-28-62(60)78-46-50-38-54(42-58(70(50)86)74(7,8)9)94-66(82)32-34-96(17,88-13)89-14)92-64(80)30-20-19-21-31-65(81)93-53-37-49(69(85)57(41-53)73(4,5)6)45-77-61-27-23-25-29-63(61)79-47-51-39-55(43-59(71(51)87)75(10,11)12)95-67(83)33-35-97(18,90-15)91-16/h36-47,60-63,84-87H,19-35H2,1-18H3/t60?,61?,62-,63-/m1/s1. The molecule has 2 fully saturated rings. The number of esters is 4. The van der Waals surface area contributed by atoms with Crippen LogP contribution in [0.2, 0.25) is 25.2 Å². The predicted octanol–water partition coefficient (Wildman–Crippen LogP) is 15.2. The smallest absolute Gasteiger partial charge is 0.334 e. The second kappa shape index (κ2) is 34.1. The molecule has 0 heterocycles. The van der Waals surface area contributed by atoms with Crippen molar-refractivity contribution in [2.45, 2.75) is 250 Å². The Kier molecular flexibility index (Phi) is 27.8. The lowest BCUT2D eigenvalue weighted by Gasteiger charge is -2.26. The van der Waals surface area contributed by atoms with Crippen LogP contribution in [-0.4, -0.2) is 139 Å². The van der Waals surface area contributed by atoms with Crippen molar-refractivity contribution in [2.75, 3.05) is 28.4 Å². The van der Waals surface area contributed by atoms with Gasteiger partial charge < -0.3 is 57.1 Å². The van der Waals surface area contributed by atoms with E-state index in [0.717, 1.165) is 51.4 Å². The Morgan fingerprint density at radius 2 is 0.598 bits per heavy atom. The number of hydrogen-bond donors (Lipinski definition) is 4. The summed E-state index contributed by atoms with van der Waals surface area (Å²) >= 11 is 0. The molecule has 532 valence electrons. The van der Waals surface area contributed by atoms with Gasteiger partial charge in [0.2, 0.25) is 0 Å². The zero-order chi connectivity index (χ0) is 71.8. The number of ether oxygens (including phenoxy) is 4. The fourth-order valence-corrected chi connectivity index (χ4v) is 14.2. The molecule has 2 aliphatic rings. The first kappa shape index (κ1) is 78.9. The first-order chi connectivity index (χ1) is 45.4. The summed E-state index contributed by atoms with van der Waals surface area (Å²) in [6.45, 7) is 27.3. The van der Waals surface area contributed by atoms with Crippen LogP contribution in [0.25, 0.3) is 0 Å². The van der Waals surface area contributed by atoms with Crippen molar-refractivity contribution in [1.29, 1.82) is 0 Å². The molecule has 2 unspecified atom stereocenters. The maximum absolute atomic E-state index is 13.4. The van der Waals surface area contributed by atoms with Crippen LogP contribution in [0.5, 0.6) is 46.0 Å². The van der Waals surface area contributed by atoms with Gasteiger partial charge in [-0.1, -0.05) is 115 Å². The molecule has 97 heavy (non-hydrogen) atoms. The number of benzene rings is 4. The van der Waals surface area contributed by atoms with E-state index in [1.165, 1.54) is 0 Å². The molecular formula is C75H108N4O16Si2. The number of carbonyl (C=O) groups is 4. The summed E-state index contributed by atoms with van der Waals surface area (Å²) in [4.78, 5) is 72.9. The monoisotopic (exact) mass is 1380 g/mol. The number of unbranched alkanes of at least 4 members (excludes halogenated alkanes) is 2. The van der Waals surface area contributed by atoms with E-state index in [9.17, 15) is 39.6 Å². The summed E-state index contributed by atoms with van der Waals surface area (Å²) in [5.41, 5.74) is 1.87. The highest BCUT2D eigenvalue weighted by atomic mass is 28.4. The fraction of sp³-hybridized carbons (Fsp3) is 0.573. The quantitative estimate of drug-likeness (QED) is 0.0135. The molecule has 6 rings (SSSR count). The molecule has 4 aromatic carbocycles. The van der Waals surface area contributed by atoms with Crippen LogP contribution in [0, 0.1) is 0 Å². The van der Waals surface area contributed by atoms with Crippen LogP contribution in [0.1, 0.15) is 224 Å². The van der Waals surface area contributed by atoms with Crippen molar-refractivity contribution in [2.24, 2.45) is 20.0 Å². The Bertz CT molecular complexity index is 3280. The summed E-state index contributed by atoms with van der Waals surface area (Å²) in [5.74, 6) is -0.595. The Hall–Kier alpha value is -7.09. The van der Waals surface area contributed by atoms with E-state index < -0.39 is 62.7 Å². The molecule has 22 heteroatoms. The van der Waals surface area contributed by atoms with Gasteiger partial charge >= 0.3 is 41.0 Å². The Morgan fingerprint density at radius 3 is 0.804 bits per heavy atom. The van der Waals surface area contributed by atoms with E-state index in [1.54, 1.807) is 102 Å². The minimum atomic E-state index is -2.51. The molecular weight excluding hydrogens is 1270 g/mol. The molecule has 4 N–H and O–H groups in total. The van der Waals surface area contributed by atoms with Crippen molar-refractivity contribution >= 4 is 65.9 Å². The van der Waals surface area contributed by atoms with Crippen molar-refractivity contribution in [3.63, 3.8) is 0 Å². The maximum Gasteiger partial charge on any atom is 0.334 e. The Labute approximate surface area is 577 Å². The molecule has 0 aliphatic heterocycles. The van der Waals surface area contributed by atoms with E-state index >= 15 is 0 Å². The van der Waals surface area contributed by atoms with E-state index in [4.69, 9.17) is 56.6 Å². The van der Waals surface area contributed by atoms with E-state index in [2.05, 4.69) is 0 Å². The second-order valence-corrected chi connectivity index (χ2v) is 37.3. The lowest BCUT2D eigenvalue weighted by Crippen LogP contribution is -2.36. The minimum Gasteiger partial charge on any atom is -0.507 e. The third kappa shape index (κ3) is 23.0. The van der Waals surface area contributed by atoms with Crippen molar-refractivity contribution in [1.82, 2.24) is 0 Å². The highest BCUT2D eigenvalue weighted by Gasteiger charge is 2.34. The van der Waals surface area contributed by atoms with Crippen molar-refractivity contribution in [3.05, 3.63) is 93.0 Å². The summed E-state index contributed by atoms with van der Waals surface area (Å²) in [5, 5.41) is 46.4. The number of carbonyl (C=O) groups excluding carboxylic acids is 4. The molecule has 4 aromatic rings. The number of hydrogen-bond acceptors (Lipinski definition) is 20. The first-order valence-electron chi connectivity index (χ1n) is 34.1. The average molecular weight is 1380 g/mol. The molecule has 0 radical (unpaired) electrons. The van der Waals surface area contributed by atoms with Gasteiger partial charge in [0.05, 0.1) is 24.2 Å². The molecule has 0 bridgehead atoms. The Morgan fingerprint density at radius 1 is 0.381 bits per heavy atom. The highest BCUT2D eigenvalue weighted by Crippen LogP contribution is 2.42. The van der Waals surface area contributed by atoms with Crippen LogP contribution in [0.4, 0.5) is 0 Å². The first-order valence-corrected chi connectivity index (χ1v) is 39.1. The number of phenols is 4. The van der Waals surface area contributed by atoms with Crippen LogP contribution in [0.3, 0.4) is 0 Å². The number of aromatic hydroxyl groups is 4. The number of nitrogens with zero attached hydrogens (tertiary/aromatic N) is 4. The van der Waals surface area contributed by atoms with Gasteiger partial charge in [-0.05, 0) is 122 Å². The topological polar surface area (TPSA) is 272 Å². The van der Waals surface area contributed by atoms with Gasteiger partial charge in [0, 0.05) is 136 Å². The molecule has 2 saturated carbocycles. The van der Waals surface area contributed by atoms with Crippen molar-refractivity contribution in [3.8, 4) is 46.0 Å². The largest absolute Gasteiger partial charge is 0.507 e. The minimum absolute atomic E-state index is 0.0232. The van der Waals surface area contributed by atoms with Crippen LogP contribution in [-0.2, 0) is 58.5 Å². The van der Waals surface area contributed by atoms with Gasteiger partial charge in [-0.25, -0.2) is 0 Å². The molecule has 0 amide bonds. The van der Waals surface area contributed by atoms with Crippen LogP contribution >= 0.6 is 0 Å². The number of aliphatic imine (C=N–C) groups is 4. The summed E-state index contributed by atoms with van der Waals surface area (Å²) in [6, 6.07) is 12.9. The highest BCUT2D eigenvalue weighted by molar-refractivity contribution is 6.66. The molecule has 2 aliphatic carbocycles.